The molecular weight excluding hydrogens is 259 g/mol. The third-order valence-corrected chi connectivity index (χ3v) is 3.00. The lowest BCUT2D eigenvalue weighted by Crippen LogP contribution is -2.37. The summed E-state index contributed by atoms with van der Waals surface area (Å²) in [5.41, 5.74) is -0.930. The van der Waals surface area contributed by atoms with E-state index in [2.05, 4.69) is 0 Å². The standard InChI is InChI=1S/C13H14F3NO2/c14-13(15,16)10-6-2-3-7-11(10)19-12(18)17-8-4-1-5-9-17/h2-3,6-7H,1,4-5,8-9H2. The number of halogens is 3. The Bertz CT molecular complexity index is 453. The molecular formula is C13H14F3NO2. The molecule has 0 aromatic heterocycles. The zero-order valence-electron chi connectivity index (χ0n) is 10.2. The molecule has 0 N–H and O–H groups in total. The molecule has 1 saturated heterocycles. The van der Waals surface area contributed by atoms with Crippen molar-refractivity contribution in [1.29, 1.82) is 0 Å². The van der Waals surface area contributed by atoms with Crippen LogP contribution in [0.5, 0.6) is 5.75 Å². The average Bonchev–Trinajstić information content (AvgIpc) is 2.39. The molecule has 0 bridgehead atoms. The minimum absolute atomic E-state index is 0.439. The van der Waals surface area contributed by atoms with Gasteiger partial charge in [-0.05, 0) is 31.4 Å². The second-order valence-electron chi connectivity index (χ2n) is 4.41. The molecule has 6 heteroatoms. The van der Waals surface area contributed by atoms with Crippen LogP contribution < -0.4 is 4.74 Å². The van der Waals surface area contributed by atoms with Crippen molar-refractivity contribution >= 4 is 6.09 Å². The van der Waals surface area contributed by atoms with Crippen molar-refractivity contribution in [1.82, 2.24) is 4.90 Å². The highest BCUT2D eigenvalue weighted by Gasteiger charge is 2.35. The number of ether oxygens (including phenoxy) is 1. The lowest BCUT2D eigenvalue weighted by molar-refractivity contribution is -0.138. The maximum absolute atomic E-state index is 12.7. The summed E-state index contributed by atoms with van der Waals surface area (Å²) < 4.78 is 43.1. The van der Waals surface area contributed by atoms with E-state index in [-0.39, 0.29) is 0 Å². The molecule has 0 aliphatic carbocycles. The van der Waals surface area contributed by atoms with Gasteiger partial charge in [-0.25, -0.2) is 4.79 Å². The number of likely N-dealkylation sites (tertiary alicyclic amines) is 1. The fourth-order valence-corrected chi connectivity index (χ4v) is 2.02. The van der Waals surface area contributed by atoms with Gasteiger partial charge in [0.15, 0.2) is 0 Å². The lowest BCUT2D eigenvalue weighted by Gasteiger charge is -2.26. The van der Waals surface area contributed by atoms with E-state index in [1.165, 1.54) is 17.0 Å². The quantitative estimate of drug-likeness (QED) is 0.781. The number of hydrogen-bond donors (Lipinski definition) is 0. The molecule has 2 rings (SSSR count). The fraction of sp³-hybridized carbons (Fsp3) is 0.462. The van der Waals surface area contributed by atoms with E-state index in [4.69, 9.17) is 4.74 Å². The molecule has 1 aliphatic heterocycles. The van der Waals surface area contributed by atoms with Gasteiger partial charge in [0.2, 0.25) is 0 Å². The number of rotatable bonds is 1. The first kappa shape index (κ1) is 13.7. The largest absolute Gasteiger partial charge is 0.419 e. The van der Waals surface area contributed by atoms with Crippen LogP contribution >= 0.6 is 0 Å². The van der Waals surface area contributed by atoms with Crippen LogP contribution in [0.1, 0.15) is 24.8 Å². The Morgan fingerprint density at radius 2 is 1.74 bits per heavy atom. The number of carbonyl (C=O) groups excluding carboxylic acids is 1. The molecule has 0 radical (unpaired) electrons. The van der Waals surface area contributed by atoms with Crippen LogP contribution in [0.2, 0.25) is 0 Å². The topological polar surface area (TPSA) is 29.5 Å². The number of carbonyl (C=O) groups is 1. The van der Waals surface area contributed by atoms with Crippen molar-refractivity contribution in [2.45, 2.75) is 25.4 Å². The number of benzene rings is 1. The summed E-state index contributed by atoms with van der Waals surface area (Å²) >= 11 is 0. The number of nitrogens with zero attached hydrogens (tertiary/aromatic N) is 1. The monoisotopic (exact) mass is 273 g/mol. The highest BCUT2D eigenvalue weighted by molar-refractivity contribution is 5.71. The predicted octanol–water partition coefficient (Wildman–Crippen LogP) is 3.69. The van der Waals surface area contributed by atoms with E-state index in [1.54, 1.807) is 0 Å². The van der Waals surface area contributed by atoms with Gasteiger partial charge in [0.05, 0.1) is 5.56 Å². The molecule has 19 heavy (non-hydrogen) atoms. The summed E-state index contributed by atoms with van der Waals surface area (Å²) in [5.74, 6) is -0.439. The third kappa shape index (κ3) is 3.39. The van der Waals surface area contributed by atoms with Crippen molar-refractivity contribution in [3.05, 3.63) is 29.8 Å². The second-order valence-corrected chi connectivity index (χ2v) is 4.41. The van der Waals surface area contributed by atoms with Crippen molar-refractivity contribution in [3.63, 3.8) is 0 Å². The molecule has 1 aromatic carbocycles. The van der Waals surface area contributed by atoms with Crippen LogP contribution in [0, 0.1) is 0 Å². The minimum atomic E-state index is -4.53. The summed E-state index contributed by atoms with van der Waals surface area (Å²) in [5, 5.41) is 0. The van der Waals surface area contributed by atoms with E-state index in [9.17, 15) is 18.0 Å². The van der Waals surface area contributed by atoms with Gasteiger partial charge < -0.3 is 9.64 Å². The Morgan fingerprint density at radius 1 is 1.11 bits per heavy atom. The Labute approximate surface area is 109 Å². The van der Waals surface area contributed by atoms with Crippen LogP contribution in [0.3, 0.4) is 0 Å². The van der Waals surface area contributed by atoms with Crippen molar-refractivity contribution < 1.29 is 22.7 Å². The summed E-state index contributed by atoms with van der Waals surface area (Å²) in [7, 11) is 0. The molecule has 0 atom stereocenters. The second kappa shape index (κ2) is 5.50. The van der Waals surface area contributed by atoms with E-state index >= 15 is 0 Å². The van der Waals surface area contributed by atoms with Crippen LogP contribution in [0.15, 0.2) is 24.3 Å². The minimum Gasteiger partial charge on any atom is -0.410 e. The molecule has 104 valence electrons. The SMILES string of the molecule is O=C(Oc1ccccc1C(F)(F)F)N1CCCCC1. The molecule has 1 fully saturated rings. The van der Waals surface area contributed by atoms with Gasteiger partial charge >= 0.3 is 12.3 Å². The number of amides is 1. The number of para-hydroxylation sites is 1. The van der Waals surface area contributed by atoms with E-state index in [0.29, 0.717) is 13.1 Å². The molecule has 0 spiro atoms. The zero-order valence-corrected chi connectivity index (χ0v) is 10.2. The summed E-state index contributed by atoms with van der Waals surface area (Å²) in [6.07, 6.45) is -2.50. The summed E-state index contributed by atoms with van der Waals surface area (Å²) in [4.78, 5) is 13.2. The first-order valence-electron chi connectivity index (χ1n) is 6.11. The highest BCUT2D eigenvalue weighted by atomic mass is 19.4. The maximum atomic E-state index is 12.7. The molecule has 3 nitrogen and oxygen atoms in total. The Balaban J connectivity index is 2.12. The first-order valence-corrected chi connectivity index (χ1v) is 6.11. The van der Waals surface area contributed by atoms with E-state index in [1.807, 2.05) is 0 Å². The smallest absolute Gasteiger partial charge is 0.410 e. The van der Waals surface area contributed by atoms with Crippen molar-refractivity contribution in [2.24, 2.45) is 0 Å². The highest BCUT2D eigenvalue weighted by Crippen LogP contribution is 2.36. The van der Waals surface area contributed by atoms with E-state index < -0.39 is 23.6 Å². The fourth-order valence-electron chi connectivity index (χ4n) is 2.02. The van der Waals surface area contributed by atoms with Gasteiger partial charge in [-0.15, -0.1) is 0 Å². The van der Waals surface area contributed by atoms with Gasteiger partial charge in [-0.1, -0.05) is 12.1 Å². The Morgan fingerprint density at radius 3 is 2.37 bits per heavy atom. The third-order valence-electron chi connectivity index (χ3n) is 3.00. The normalized spacial score (nSPS) is 16.3. The van der Waals surface area contributed by atoms with Crippen LogP contribution in [-0.2, 0) is 6.18 Å². The summed E-state index contributed by atoms with van der Waals surface area (Å²) in [6, 6.07) is 4.73. The number of piperidine rings is 1. The Kier molecular flexibility index (Phi) is 3.97. The average molecular weight is 273 g/mol. The van der Waals surface area contributed by atoms with Gasteiger partial charge in [0.25, 0.3) is 0 Å². The molecule has 1 aliphatic rings. The van der Waals surface area contributed by atoms with Crippen molar-refractivity contribution in [3.8, 4) is 5.75 Å². The first-order chi connectivity index (χ1) is 8.98. The number of alkyl halides is 3. The van der Waals surface area contributed by atoms with Crippen LogP contribution in [0.25, 0.3) is 0 Å². The Hall–Kier alpha value is -1.72. The van der Waals surface area contributed by atoms with Gasteiger partial charge in [-0.3, -0.25) is 0 Å². The van der Waals surface area contributed by atoms with Crippen LogP contribution in [0.4, 0.5) is 18.0 Å². The van der Waals surface area contributed by atoms with Gasteiger partial charge in [0, 0.05) is 13.1 Å². The lowest BCUT2D eigenvalue weighted by atomic mass is 10.1. The molecule has 1 heterocycles. The molecule has 1 aromatic rings. The number of hydrogen-bond acceptors (Lipinski definition) is 2. The van der Waals surface area contributed by atoms with Gasteiger partial charge in [-0.2, -0.15) is 13.2 Å². The van der Waals surface area contributed by atoms with E-state index in [0.717, 1.165) is 31.4 Å². The molecule has 0 unspecified atom stereocenters. The summed E-state index contributed by atoms with van der Waals surface area (Å²) in [6.45, 7) is 1.07. The van der Waals surface area contributed by atoms with Gasteiger partial charge in [0.1, 0.15) is 5.75 Å². The molecule has 1 amide bonds. The molecule has 0 saturated carbocycles. The zero-order chi connectivity index (χ0) is 13.9. The predicted molar refractivity (Wildman–Crippen MR) is 62.9 cm³/mol. The maximum Gasteiger partial charge on any atom is 0.419 e. The van der Waals surface area contributed by atoms with Crippen LogP contribution in [-0.4, -0.2) is 24.1 Å². The van der Waals surface area contributed by atoms with Crippen molar-refractivity contribution in [2.75, 3.05) is 13.1 Å².